The Morgan fingerprint density at radius 3 is 2.87 bits per heavy atom. The summed E-state index contributed by atoms with van der Waals surface area (Å²) in [5, 5.41) is 12.8. The second-order valence-electron chi connectivity index (χ2n) is 5.20. The summed E-state index contributed by atoms with van der Waals surface area (Å²) < 4.78 is 12.9. The number of aromatic nitrogens is 3. The minimum Gasteiger partial charge on any atom is -0.454 e. The Bertz CT molecular complexity index is 938. The molecule has 0 saturated carbocycles. The lowest BCUT2D eigenvalue weighted by atomic mass is 10.1. The molecule has 0 radical (unpaired) electrons. The molecule has 0 unspecified atom stereocenters. The second-order valence-corrected chi connectivity index (χ2v) is 6.14. The van der Waals surface area contributed by atoms with E-state index in [1.165, 1.54) is 11.8 Å². The average molecular weight is 330 g/mol. The number of carbonyl (C=O) groups is 1. The molecule has 7 nitrogen and oxygen atoms in total. The van der Waals surface area contributed by atoms with E-state index >= 15 is 0 Å². The van der Waals surface area contributed by atoms with Gasteiger partial charge in [-0.1, -0.05) is 11.8 Å². The number of nitrogens with one attached hydrogen (secondary N) is 1. The van der Waals surface area contributed by atoms with Gasteiger partial charge in [-0.05, 0) is 24.6 Å². The molecule has 3 aromatic rings. The highest BCUT2D eigenvalue weighted by Crippen LogP contribution is 2.37. The van der Waals surface area contributed by atoms with Gasteiger partial charge in [0, 0.05) is 18.5 Å². The number of pyridine rings is 1. The molecule has 3 heterocycles. The predicted molar refractivity (Wildman–Crippen MR) is 86.1 cm³/mol. The van der Waals surface area contributed by atoms with E-state index in [1.807, 2.05) is 23.5 Å². The van der Waals surface area contributed by atoms with Crippen molar-refractivity contribution in [3.05, 3.63) is 23.8 Å². The van der Waals surface area contributed by atoms with E-state index in [0.29, 0.717) is 10.9 Å². The molecule has 118 valence electrons. The summed E-state index contributed by atoms with van der Waals surface area (Å²) in [6, 6.07) is 5.93. The van der Waals surface area contributed by atoms with E-state index in [-0.39, 0.29) is 18.5 Å². The number of nitrogens with zero attached hydrogens (tertiary/aromatic N) is 3. The zero-order chi connectivity index (χ0) is 16.0. The number of ether oxygens (including phenoxy) is 2. The monoisotopic (exact) mass is 330 g/mol. The van der Waals surface area contributed by atoms with E-state index in [4.69, 9.17) is 9.47 Å². The van der Waals surface area contributed by atoms with Crippen molar-refractivity contribution in [2.75, 3.05) is 19.6 Å². The Hall–Kier alpha value is -2.48. The largest absolute Gasteiger partial charge is 0.454 e. The van der Waals surface area contributed by atoms with Crippen LogP contribution in [0.4, 0.5) is 0 Å². The number of carbonyl (C=O) groups excluding carboxylic acids is 1. The number of hydrogen-bond acceptors (Lipinski definition) is 6. The number of hydrogen-bond donors (Lipinski definition) is 1. The van der Waals surface area contributed by atoms with Crippen molar-refractivity contribution in [2.45, 2.75) is 12.1 Å². The fourth-order valence-electron chi connectivity index (χ4n) is 2.59. The Morgan fingerprint density at radius 1 is 1.30 bits per heavy atom. The molecule has 2 aromatic heterocycles. The third kappa shape index (κ3) is 2.26. The first kappa shape index (κ1) is 14.1. The molecule has 0 spiro atoms. The quantitative estimate of drug-likeness (QED) is 0.737. The number of thioether (sulfide) groups is 1. The van der Waals surface area contributed by atoms with E-state index in [1.54, 1.807) is 7.05 Å². The van der Waals surface area contributed by atoms with Crippen LogP contribution in [0.1, 0.15) is 5.56 Å². The van der Waals surface area contributed by atoms with Crippen LogP contribution in [0.25, 0.3) is 16.6 Å². The van der Waals surface area contributed by atoms with Gasteiger partial charge in [0.25, 0.3) is 0 Å². The molecule has 0 bridgehead atoms. The van der Waals surface area contributed by atoms with Gasteiger partial charge < -0.3 is 14.8 Å². The first-order chi connectivity index (χ1) is 11.2. The van der Waals surface area contributed by atoms with Crippen molar-refractivity contribution in [2.24, 2.45) is 0 Å². The molecule has 23 heavy (non-hydrogen) atoms. The fraction of sp³-hybridized carbons (Fsp3) is 0.267. The molecule has 0 aliphatic carbocycles. The lowest BCUT2D eigenvalue weighted by molar-refractivity contribution is -0.118. The normalized spacial score (nSPS) is 13.0. The topological polar surface area (TPSA) is 77.8 Å². The number of rotatable bonds is 3. The van der Waals surface area contributed by atoms with Crippen molar-refractivity contribution in [1.29, 1.82) is 0 Å². The zero-order valence-electron chi connectivity index (χ0n) is 12.6. The van der Waals surface area contributed by atoms with Crippen LogP contribution in [0.5, 0.6) is 11.5 Å². The van der Waals surface area contributed by atoms with Crippen LogP contribution in [0.15, 0.2) is 23.4 Å². The maximum Gasteiger partial charge on any atom is 0.231 e. The Labute approximate surface area is 136 Å². The van der Waals surface area contributed by atoms with E-state index in [0.717, 1.165) is 27.9 Å². The number of benzene rings is 1. The molecule has 1 amide bonds. The van der Waals surface area contributed by atoms with Gasteiger partial charge >= 0.3 is 0 Å². The molecule has 0 atom stereocenters. The van der Waals surface area contributed by atoms with Crippen LogP contribution in [0, 0.1) is 6.92 Å². The molecule has 1 aliphatic heterocycles. The highest BCUT2D eigenvalue weighted by molar-refractivity contribution is 7.99. The Morgan fingerprint density at radius 2 is 2.09 bits per heavy atom. The van der Waals surface area contributed by atoms with Gasteiger partial charge in [0.15, 0.2) is 22.3 Å². The fourth-order valence-corrected chi connectivity index (χ4v) is 3.41. The minimum absolute atomic E-state index is 0.0543. The van der Waals surface area contributed by atoms with Gasteiger partial charge in [0.2, 0.25) is 12.7 Å². The Kier molecular flexibility index (Phi) is 3.26. The molecule has 0 saturated heterocycles. The first-order valence-corrected chi connectivity index (χ1v) is 8.07. The van der Waals surface area contributed by atoms with Crippen molar-refractivity contribution >= 4 is 34.2 Å². The average Bonchev–Trinajstić information content (AvgIpc) is 3.17. The van der Waals surface area contributed by atoms with Crippen molar-refractivity contribution < 1.29 is 14.3 Å². The summed E-state index contributed by atoms with van der Waals surface area (Å²) in [5.74, 6) is 1.68. The van der Waals surface area contributed by atoms with Gasteiger partial charge in [-0.15, -0.1) is 10.2 Å². The van der Waals surface area contributed by atoms with E-state index in [9.17, 15) is 4.79 Å². The summed E-state index contributed by atoms with van der Waals surface area (Å²) in [6.07, 6.45) is 0. The molecule has 4 rings (SSSR count). The molecule has 0 fully saturated rings. The molecular formula is C15H14N4O3S. The number of fused-ring (bicyclic) bond motifs is 4. The van der Waals surface area contributed by atoms with Crippen molar-refractivity contribution in [3.63, 3.8) is 0 Å². The van der Waals surface area contributed by atoms with Gasteiger partial charge in [0.1, 0.15) is 0 Å². The van der Waals surface area contributed by atoms with Gasteiger partial charge in [-0.25, -0.2) is 0 Å². The van der Waals surface area contributed by atoms with Crippen LogP contribution in [-0.4, -0.2) is 40.1 Å². The van der Waals surface area contributed by atoms with Gasteiger partial charge in [-0.2, -0.15) is 0 Å². The smallest absolute Gasteiger partial charge is 0.231 e. The van der Waals surface area contributed by atoms with Crippen LogP contribution in [0.2, 0.25) is 0 Å². The number of amides is 1. The first-order valence-electron chi connectivity index (χ1n) is 7.09. The highest BCUT2D eigenvalue weighted by atomic mass is 32.2. The molecule has 8 heteroatoms. The molecule has 1 N–H and O–H groups in total. The summed E-state index contributed by atoms with van der Waals surface area (Å²) >= 11 is 1.35. The molecular weight excluding hydrogens is 316 g/mol. The summed E-state index contributed by atoms with van der Waals surface area (Å²) in [5.41, 5.74) is 2.71. The third-order valence-electron chi connectivity index (χ3n) is 3.73. The van der Waals surface area contributed by atoms with Crippen LogP contribution in [-0.2, 0) is 4.79 Å². The second kappa shape index (κ2) is 5.31. The maximum absolute atomic E-state index is 11.5. The van der Waals surface area contributed by atoms with Gasteiger partial charge in [-0.3, -0.25) is 9.20 Å². The number of aryl methyl sites for hydroxylation is 1. The summed E-state index contributed by atoms with van der Waals surface area (Å²) in [7, 11) is 1.62. The lowest BCUT2D eigenvalue weighted by Crippen LogP contribution is -2.19. The minimum atomic E-state index is -0.0543. The van der Waals surface area contributed by atoms with Crippen molar-refractivity contribution in [1.82, 2.24) is 19.9 Å². The zero-order valence-corrected chi connectivity index (χ0v) is 13.4. The van der Waals surface area contributed by atoms with E-state index < -0.39 is 0 Å². The summed E-state index contributed by atoms with van der Waals surface area (Å²) in [4.78, 5) is 11.5. The molecule has 1 aromatic carbocycles. The predicted octanol–water partition coefficient (Wildman–Crippen LogP) is 1.76. The van der Waals surface area contributed by atoms with Crippen LogP contribution < -0.4 is 14.8 Å². The van der Waals surface area contributed by atoms with Crippen molar-refractivity contribution in [3.8, 4) is 11.5 Å². The van der Waals surface area contributed by atoms with Crippen LogP contribution in [0.3, 0.4) is 0 Å². The maximum atomic E-state index is 11.5. The van der Waals surface area contributed by atoms with Gasteiger partial charge in [0.05, 0.1) is 11.3 Å². The van der Waals surface area contributed by atoms with Crippen LogP contribution >= 0.6 is 11.8 Å². The lowest BCUT2D eigenvalue weighted by Gasteiger charge is -2.08. The summed E-state index contributed by atoms with van der Waals surface area (Å²) in [6.45, 7) is 2.22. The van der Waals surface area contributed by atoms with E-state index in [2.05, 4.69) is 21.6 Å². The standard InChI is InChI=1S/C15H14N4O3S/c1-8-3-9-4-11-12(22-7-21-11)5-10(9)19-14(8)17-18-15(19)23-6-13(20)16-2/h3-5H,6-7H2,1-2H3,(H,16,20). The molecule has 1 aliphatic rings. The SMILES string of the molecule is CNC(=O)CSc1nnc2c(C)cc3cc4c(cc3n12)OCO4. The third-order valence-corrected chi connectivity index (χ3v) is 4.66. The highest BCUT2D eigenvalue weighted by Gasteiger charge is 2.19. The Balaban J connectivity index is 1.91.